The van der Waals surface area contributed by atoms with E-state index in [1.807, 2.05) is 0 Å². The smallest absolute Gasteiger partial charge is 1.00 e. The van der Waals surface area contributed by atoms with Gasteiger partial charge in [0.15, 0.2) is 0 Å². The van der Waals surface area contributed by atoms with Gasteiger partial charge in [-0.05, 0) is 0 Å². The van der Waals surface area contributed by atoms with Gasteiger partial charge in [0.25, 0.3) is 0 Å². The topological polar surface area (TPSA) is 120 Å². The molecule has 19 heavy (non-hydrogen) atoms. The quantitative estimate of drug-likeness (QED) is 0.339. The minimum atomic E-state index is -1.98. The van der Waals surface area contributed by atoms with Crippen molar-refractivity contribution in [2.75, 3.05) is 17.3 Å². The molecule has 0 fully saturated rings. The molecular formula is C6H6AsNa3O6S3. The Bertz CT molecular complexity index is 242. The molecule has 0 aromatic heterocycles. The summed E-state index contributed by atoms with van der Waals surface area (Å²) >= 11 is -1.98. The first-order valence-electron chi connectivity index (χ1n) is 3.70. The number of carboxylic acids is 3. The maximum Gasteiger partial charge on any atom is 1.00 e. The molecule has 6 nitrogen and oxygen atoms in total. The first kappa shape index (κ1) is 30.0. The summed E-state index contributed by atoms with van der Waals surface area (Å²) in [6.07, 6.45) is 0. The van der Waals surface area contributed by atoms with Gasteiger partial charge in [0.05, 0.1) is 0 Å². The number of carbonyl (C=O) groups excluding carboxylic acids is 3. The third-order valence-electron chi connectivity index (χ3n) is 0.863. The summed E-state index contributed by atoms with van der Waals surface area (Å²) in [5, 5.41) is 30.6. The van der Waals surface area contributed by atoms with Crippen molar-refractivity contribution in [1.82, 2.24) is 0 Å². The molecule has 0 radical (unpaired) electrons. The molecule has 0 aromatic carbocycles. The van der Waals surface area contributed by atoms with Gasteiger partial charge in [-0.15, -0.1) is 0 Å². The summed E-state index contributed by atoms with van der Waals surface area (Å²) < 4.78 is 0. The van der Waals surface area contributed by atoms with Crippen LogP contribution in [0.25, 0.3) is 0 Å². The SMILES string of the molecule is O=C([O-])CS[As](SCC(=O)[O-])SCC(=O)[O-].[Na+].[Na+].[Na+]. The molecule has 0 aliphatic rings. The van der Waals surface area contributed by atoms with Crippen LogP contribution in [0.4, 0.5) is 0 Å². The molecule has 0 N–H and O–H groups in total. The van der Waals surface area contributed by atoms with Crippen molar-refractivity contribution in [3.05, 3.63) is 0 Å². The van der Waals surface area contributed by atoms with Crippen LogP contribution in [0.15, 0.2) is 0 Å². The summed E-state index contributed by atoms with van der Waals surface area (Å²) in [4.78, 5) is 30.6. The van der Waals surface area contributed by atoms with Gasteiger partial charge in [-0.2, -0.15) is 0 Å². The molecule has 0 heterocycles. The predicted molar refractivity (Wildman–Crippen MR) is 58.1 cm³/mol. The summed E-state index contributed by atoms with van der Waals surface area (Å²) in [5.41, 5.74) is 0. The van der Waals surface area contributed by atoms with Gasteiger partial charge in [-0.1, -0.05) is 0 Å². The molecular weight excluding hydrogens is 408 g/mol. The van der Waals surface area contributed by atoms with Crippen LogP contribution in [0, 0.1) is 0 Å². The molecule has 0 unspecified atom stereocenters. The van der Waals surface area contributed by atoms with Crippen LogP contribution >= 0.6 is 30.1 Å². The summed E-state index contributed by atoms with van der Waals surface area (Å²) in [6, 6.07) is 0. The van der Waals surface area contributed by atoms with Gasteiger partial charge in [-0.3, -0.25) is 0 Å². The molecule has 0 spiro atoms. The standard InChI is InChI=1S/C6H9AsO6S3.3Na/c8-4(9)1-14-7(15-2-5(10)11)16-3-6(12)13;;;/h1-3H2,(H,8,9)(H,10,11)(H,12,13);;;/q;3*+1/p-3. The molecule has 92 valence electrons. The van der Waals surface area contributed by atoms with E-state index in [1.165, 1.54) is 0 Å². The Morgan fingerprint density at radius 1 is 0.684 bits per heavy atom. The van der Waals surface area contributed by atoms with E-state index in [2.05, 4.69) is 0 Å². The summed E-state index contributed by atoms with van der Waals surface area (Å²) in [5.74, 6) is -4.56. The van der Waals surface area contributed by atoms with Gasteiger partial charge in [-0.25, -0.2) is 0 Å². The van der Waals surface area contributed by atoms with Crippen LogP contribution in [0.2, 0.25) is 0 Å². The maximum absolute atomic E-state index is 10.2. The summed E-state index contributed by atoms with van der Waals surface area (Å²) in [7, 11) is 3.12. The van der Waals surface area contributed by atoms with Gasteiger partial charge in [0, 0.05) is 0 Å². The molecule has 0 atom stereocenters. The largest absolute Gasteiger partial charge is 1.00 e. The van der Waals surface area contributed by atoms with E-state index in [-0.39, 0.29) is 106 Å². The zero-order chi connectivity index (χ0) is 12.6. The monoisotopic (exact) mass is 414 g/mol. The third kappa shape index (κ3) is 23.4. The van der Waals surface area contributed by atoms with Crippen molar-refractivity contribution in [3.63, 3.8) is 0 Å². The van der Waals surface area contributed by atoms with Crippen LogP contribution < -0.4 is 104 Å². The fraction of sp³-hybridized carbons (Fsp3) is 0.500. The van der Waals surface area contributed by atoms with Crippen molar-refractivity contribution in [2.45, 2.75) is 0 Å². The van der Waals surface area contributed by atoms with E-state index in [0.29, 0.717) is 0 Å². The van der Waals surface area contributed by atoms with E-state index < -0.39 is 29.1 Å². The van der Waals surface area contributed by atoms with Gasteiger partial charge in [0.1, 0.15) is 0 Å². The van der Waals surface area contributed by atoms with Gasteiger partial charge in [0.2, 0.25) is 0 Å². The van der Waals surface area contributed by atoms with E-state index in [4.69, 9.17) is 0 Å². The zero-order valence-corrected chi connectivity index (χ0v) is 21.1. The second-order valence-corrected chi connectivity index (χ2v) is 18.9. The number of hydrogen-bond acceptors (Lipinski definition) is 9. The van der Waals surface area contributed by atoms with Crippen molar-refractivity contribution in [3.8, 4) is 0 Å². The predicted octanol–water partition coefficient (Wildman–Crippen LogP) is -12.6. The Hall–Kier alpha value is 3.02. The molecule has 0 aromatic rings. The second kappa shape index (κ2) is 19.1. The fourth-order valence-corrected chi connectivity index (χ4v) is 15.1. The number of aliphatic carboxylic acids is 3. The Balaban J connectivity index is -0.000000375. The summed E-state index contributed by atoms with van der Waals surface area (Å²) in [6.45, 7) is 0. The molecule has 13 heteroatoms. The van der Waals surface area contributed by atoms with Crippen LogP contribution in [0.3, 0.4) is 0 Å². The fourth-order valence-electron chi connectivity index (χ4n) is 0.428. The molecule has 0 saturated heterocycles. The minimum absolute atomic E-state index is 0. The average molecular weight is 414 g/mol. The third-order valence-corrected chi connectivity index (χ3v) is 18.9. The second-order valence-electron chi connectivity index (χ2n) is 2.16. The number of carbonyl (C=O) groups is 3. The van der Waals surface area contributed by atoms with Crippen LogP contribution in [-0.4, -0.2) is 46.3 Å². The molecule has 0 saturated carbocycles. The Labute approximate surface area is 191 Å². The van der Waals surface area contributed by atoms with E-state index >= 15 is 0 Å². The molecule has 0 aliphatic carbocycles. The Morgan fingerprint density at radius 3 is 1.05 bits per heavy atom. The van der Waals surface area contributed by atoms with Crippen LogP contribution in [-0.2, 0) is 14.4 Å². The number of carboxylic acid groups (broad SMARTS) is 3. The number of hydrogen-bond donors (Lipinski definition) is 0. The normalized spacial score (nSPS) is 8.68. The van der Waals surface area contributed by atoms with E-state index in [0.717, 1.165) is 30.1 Å². The van der Waals surface area contributed by atoms with Crippen molar-refractivity contribution in [1.29, 1.82) is 0 Å². The maximum atomic E-state index is 10.2. The first-order chi connectivity index (χ1) is 7.41. The first-order valence-corrected chi connectivity index (χ1v) is 13.4. The molecule has 0 rings (SSSR count). The molecule has 0 amide bonds. The van der Waals surface area contributed by atoms with Crippen molar-refractivity contribution in [2.24, 2.45) is 0 Å². The van der Waals surface area contributed by atoms with Crippen LogP contribution in [0.5, 0.6) is 0 Å². The van der Waals surface area contributed by atoms with Gasteiger partial charge >= 0.3 is 195 Å². The number of rotatable bonds is 9. The zero-order valence-electron chi connectivity index (χ0n) is 10.7. The van der Waals surface area contributed by atoms with Crippen LogP contribution in [0.1, 0.15) is 0 Å². The molecule has 0 aliphatic heterocycles. The Kier molecular flexibility index (Phi) is 30.1. The van der Waals surface area contributed by atoms with E-state index in [1.54, 1.807) is 0 Å². The van der Waals surface area contributed by atoms with E-state index in [9.17, 15) is 29.7 Å². The van der Waals surface area contributed by atoms with Crippen molar-refractivity contribution >= 4 is 59.2 Å². The minimum Gasteiger partial charge on any atom is 1.00 e. The van der Waals surface area contributed by atoms with Gasteiger partial charge < -0.3 is 0 Å². The Morgan fingerprint density at radius 2 is 0.895 bits per heavy atom. The van der Waals surface area contributed by atoms with Crippen molar-refractivity contribution < 1.29 is 118 Å². The average Bonchev–Trinajstić information content (AvgIpc) is 2.15. The molecule has 0 bridgehead atoms.